The molecule has 4 aliphatic carbocycles. The number of rotatable bonds is 3. The van der Waals surface area contributed by atoms with Crippen molar-refractivity contribution in [1.82, 2.24) is 0 Å². The Morgan fingerprint density at radius 2 is 1.67 bits per heavy atom. The van der Waals surface area contributed by atoms with Crippen molar-refractivity contribution in [3.05, 3.63) is 28.2 Å². The van der Waals surface area contributed by atoms with E-state index < -0.39 is 0 Å². The van der Waals surface area contributed by atoms with Crippen LogP contribution in [-0.2, 0) is 0 Å². The number of nitrogens with one attached hydrogen (secondary N) is 1. The lowest BCUT2D eigenvalue weighted by Gasteiger charge is -2.59. The van der Waals surface area contributed by atoms with Crippen molar-refractivity contribution in [3.63, 3.8) is 0 Å². The second kappa shape index (κ2) is 5.01. The van der Waals surface area contributed by atoms with E-state index in [0.29, 0.717) is 11.5 Å². The minimum Gasteiger partial charge on any atom is -0.382 e. The number of benzene rings is 1. The first kappa shape index (κ1) is 14.1. The largest absolute Gasteiger partial charge is 0.382 e. The first-order valence-electron chi connectivity index (χ1n) is 8.57. The molecule has 0 saturated heterocycles. The monoisotopic (exact) mass is 347 g/mol. The van der Waals surface area contributed by atoms with E-state index in [9.17, 15) is 0 Å². The summed E-state index contributed by atoms with van der Waals surface area (Å²) in [6, 6.07) is 7.18. The lowest BCUT2D eigenvalue weighted by atomic mass is 9.48. The molecule has 0 amide bonds. The summed E-state index contributed by atoms with van der Waals surface area (Å²) in [7, 11) is 0. The first-order valence-corrected chi connectivity index (χ1v) is 9.36. The molecule has 1 aromatic rings. The molecule has 0 radical (unpaired) electrons. The smallest absolute Gasteiger partial charge is 0.0383 e. The summed E-state index contributed by atoms with van der Waals surface area (Å²) in [6.45, 7) is 4.65. The molecule has 1 atom stereocenters. The standard InChI is InChI=1S/C19H26BrN/c1-12-3-4-17(20)8-18(12)21-13(2)19-9-14-5-15(10-19)7-16(6-14)11-19/h3-4,8,13-16,21H,5-7,9-11H2,1-2H3. The van der Waals surface area contributed by atoms with Crippen LogP contribution in [-0.4, -0.2) is 6.04 Å². The number of aryl methyl sites for hydroxylation is 1. The van der Waals surface area contributed by atoms with E-state index in [-0.39, 0.29) is 0 Å². The Kier molecular flexibility index (Phi) is 3.37. The summed E-state index contributed by atoms with van der Waals surface area (Å²) < 4.78 is 1.17. The van der Waals surface area contributed by atoms with Gasteiger partial charge >= 0.3 is 0 Å². The summed E-state index contributed by atoms with van der Waals surface area (Å²) in [5, 5.41) is 3.88. The zero-order valence-corrected chi connectivity index (χ0v) is 14.7. The van der Waals surface area contributed by atoms with E-state index in [0.717, 1.165) is 17.8 Å². The Balaban J connectivity index is 1.57. The van der Waals surface area contributed by atoms with Gasteiger partial charge in [-0.05, 0) is 93.2 Å². The van der Waals surface area contributed by atoms with Gasteiger partial charge in [-0.1, -0.05) is 22.0 Å². The number of anilines is 1. The molecule has 1 unspecified atom stereocenters. The lowest BCUT2D eigenvalue weighted by Crippen LogP contribution is -2.52. The van der Waals surface area contributed by atoms with Crippen molar-refractivity contribution in [3.8, 4) is 0 Å². The highest BCUT2D eigenvalue weighted by atomic mass is 79.9. The van der Waals surface area contributed by atoms with Crippen LogP contribution in [0.5, 0.6) is 0 Å². The van der Waals surface area contributed by atoms with Crippen molar-refractivity contribution in [2.45, 2.75) is 58.4 Å². The van der Waals surface area contributed by atoms with E-state index >= 15 is 0 Å². The molecule has 1 N–H and O–H groups in total. The van der Waals surface area contributed by atoms with Crippen molar-refractivity contribution in [2.75, 3.05) is 5.32 Å². The van der Waals surface area contributed by atoms with Gasteiger partial charge in [0.15, 0.2) is 0 Å². The molecule has 4 bridgehead atoms. The third-order valence-electron chi connectivity index (χ3n) is 6.58. The minimum atomic E-state index is 0.573. The van der Waals surface area contributed by atoms with Crippen LogP contribution >= 0.6 is 15.9 Å². The van der Waals surface area contributed by atoms with E-state index in [1.54, 1.807) is 0 Å². The summed E-state index contributed by atoms with van der Waals surface area (Å²) >= 11 is 3.61. The number of hydrogen-bond acceptors (Lipinski definition) is 1. The Hall–Kier alpha value is -0.500. The molecule has 0 aromatic heterocycles. The molecular formula is C19H26BrN. The van der Waals surface area contributed by atoms with E-state index in [1.165, 1.54) is 54.2 Å². The zero-order valence-electron chi connectivity index (χ0n) is 13.2. The maximum atomic E-state index is 3.88. The Labute approximate surface area is 137 Å². The van der Waals surface area contributed by atoms with Gasteiger partial charge in [0.05, 0.1) is 0 Å². The van der Waals surface area contributed by atoms with Crippen molar-refractivity contribution >= 4 is 21.6 Å². The van der Waals surface area contributed by atoms with Gasteiger partial charge in [0.25, 0.3) is 0 Å². The topological polar surface area (TPSA) is 12.0 Å². The highest BCUT2D eigenvalue weighted by Gasteiger charge is 2.53. The van der Waals surface area contributed by atoms with Crippen LogP contribution in [0, 0.1) is 30.1 Å². The van der Waals surface area contributed by atoms with Gasteiger partial charge in [-0.25, -0.2) is 0 Å². The van der Waals surface area contributed by atoms with Crippen LogP contribution < -0.4 is 5.32 Å². The van der Waals surface area contributed by atoms with Crippen LogP contribution in [0.15, 0.2) is 22.7 Å². The third-order valence-corrected chi connectivity index (χ3v) is 7.07. The maximum absolute atomic E-state index is 3.88. The van der Waals surface area contributed by atoms with Crippen LogP contribution in [0.4, 0.5) is 5.69 Å². The molecule has 5 rings (SSSR count). The predicted octanol–water partition coefficient (Wildman–Crippen LogP) is 5.77. The van der Waals surface area contributed by atoms with E-state index in [1.807, 2.05) is 0 Å². The van der Waals surface area contributed by atoms with Gasteiger partial charge in [0.1, 0.15) is 0 Å². The van der Waals surface area contributed by atoms with Gasteiger partial charge in [-0.15, -0.1) is 0 Å². The molecule has 2 heteroatoms. The highest BCUT2D eigenvalue weighted by molar-refractivity contribution is 9.10. The molecular weight excluding hydrogens is 322 g/mol. The number of hydrogen-bond donors (Lipinski definition) is 1. The third kappa shape index (κ3) is 2.44. The summed E-state index contributed by atoms with van der Waals surface area (Å²) in [6.07, 6.45) is 9.01. The minimum absolute atomic E-state index is 0.573. The molecule has 21 heavy (non-hydrogen) atoms. The molecule has 4 fully saturated rings. The Morgan fingerprint density at radius 3 is 2.24 bits per heavy atom. The normalized spacial score (nSPS) is 38.5. The first-order chi connectivity index (χ1) is 10.0. The van der Waals surface area contributed by atoms with Gasteiger partial charge < -0.3 is 5.32 Å². The fourth-order valence-electron chi connectivity index (χ4n) is 5.84. The summed E-state index contributed by atoms with van der Waals surface area (Å²) in [5.41, 5.74) is 3.24. The van der Waals surface area contributed by atoms with Crippen molar-refractivity contribution in [1.29, 1.82) is 0 Å². The molecule has 4 aliphatic rings. The second-order valence-electron chi connectivity index (χ2n) is 8.11. The maximum Gasteiger partial charge on any atom is 0.0383 e. The predicted molar refractivity (Wildman–Crippen MR) is 92.6 cm³/mol. The van der Waals surface area contributed by atoms with E-state index in [4.69, 9.17) is 0 Å². The zero-order chi connectivity index (χ0) is 14.6. The SMILES string of the molecule is Cc1ccc(Br)cc1NC(C)C12CC3CC(CC(C3)C1)C2. The van der Waals surface area contributed by atoms with Crippen LogP contribution in [0.2, 0.25) is 0 Å². The highest BCUT2D eigenvalue weighted by Crippen LogP contribution is 2.61. The molecule has 0 spiro atoms. The molecule has 114 valence electrons. The summed E-state index contributed by atoms with van der Waals surface area (Å²) in [4.78, 5) is 0. The quantitative estimate of drug-likeness (QED) is 0.731. The van der Waals surface area contributed by atoms with Gasteiger partial charge in [-0.2, -0.15) is 0 Å². The van der Waals surface area contributed by atoms with Gasteiger partial charge in [0.2, 0.25) is 0 Å². The molecule has 1 nitrogen and oxygen atoms in total. The average molecular weight is 348 g/mol. The van der Waals surface area contributed by atoms with Gasteiger partial charge in [0, 0.05) is 16.2 Å². The van der Waals surface area contributed by atoms with Crippen molar-refractivity contribution in [2.24, 2.45) is 23.2 Å². The molecule has 1 aromatic carbocycles. The average Bonchev–Trinajstić information content (AvgIpc) is 2.41. The number of halogens is 1. The second-order valence-corrected chi connectivity index (χ2v) is 9.02. The van der Waals surface area contributed by atoms with E-state index in [2.05, 4.69) is 53.3 Å². The van der Waals surface area contributed by atoms with Gasteiger partial charge in [-0.3, -0.25) is 0 Å². The Morgan fingerprint density at radius 1 is 1.10 bits per heavy atom. The molecule has 0 heterocycles. The Bertz CT molecular complexity index is 515. The summed E-state index contributed by atoms with van der Waals surface area (Å²) in [5.74, 6) is 3.09. The fraction of sp³-hybridized carbons (Fsp3) is 0.684. The molecule has 0 aliphatic heterocycles. The lowest BCUT2D eigenvalue weighted by molar-refractivity contribution is -0.0602. The van der Waals surface area contributed by atoms with Crippen molar-refractivity contribution < 1.29 is 0 Å². The van der Waals surface area contributed by atoms with Crippen LogP contribution in [0.25, 0.3) is 0 Å². The fourth-order valence-corrected chi connectivity index (χ4v) is 6.21. The van der Waals surface area contributed by atoms with Crippen LogP contribution in [0.3, 0.4) is 0 Å². The molecule has 4 saturated carbocycles. The van der Waals surface area contributed by atoms with Crippen LogP contribution in [0.1, 0.15) is 51.0 Å².